The fourth-order valence-electron chi connectivity index (χ4n) is 3.16. The van der Waals surface area contributed by atoms with Crippen molar-refractivity contribution in [1.82, 2.24) is 10.6 Å². The molecule has 1 unspecified atom stereocenters. The number of carbonyl (C=O) groups is 1. The van der Waals surface area contributed by atoms with Crippen molar-refractivity contribution in [1.29, 1.82) is 0 Å². The smallest absolute Gasteiger partial charge is 0.243 e. The summed E-state index contributed by atoms with van der Waals surface area (Å²) in [4.78, 5) is 17.7. The average molecular weight is 405 g/mol. The first-order valence-corrected chi connectivity index (χ1v) is 9.18. The Bertz CT molecular complexity index is 868. The number of hydrogen-bond donors (Lipinski definition) is 3. The molecule has 1 amide bonds. The van der Waals surface area contributed by atoms with E-state index in [-0.39, 0.29) is 30.0 Å². The highest BCUT2D eigenvalue weighted by molar-refractivity contribution is 5.95. The normalized spacial score (nSPS) is 16.6. The molecular weight excluding hydrogens is 383 g/mol. The van der Waals surface area contributed by atoms with E-state index in [0.717, 1.165) is 0 Å². The second-order valence-corrected chi connectivity index (χ2v) is 6.63. The van der Waals surface area contributed by atoms with Crippen LogP contribution in [0.25, 0.3) is 0 Å². The van der Waals surface area contributed by atoms with Gasteiger partial charge in [-0.25, -0.2) is 13.2 Å². The highest BCUT2D eigenvalue weighted by Gasteiger charge is 2.27. The van der Waals surface area contributed by atoms with Crippen LogP contribution in [0.15, 0.2) is 47.5 Å². The highest BCUT2D eigenvalue weighted by atomic mass is 19.1. The number of anilines is 2. The van der Waals surface area contributed by atoms with Crippen LogP contribution in [0.3, 0.4) is 0 Å². The second kappa shape index (κ2) is 9.31. The van der Waals surface area contributed by atoms with Gasteiger partial charge in [0.05, 0.1) is 6.54 Å². The van der Waals surface area contributed by atoms with Gasteiger partial charge in [-0.2, -0.15) is 0 Å². The number of guanidine groups is 1. The molecule has 2 aromatic carbocycles. The van der Waals surface area contributed by atoms with Crippen molar-refractivity contribution in [3.63, 3.8) is 0 Å². The van der Waals surface area contributed by atoms with Gasteiger partial charge < -0.3 is 20.9 Å². The number of para-hydroxylation sites is 1. The molecule has 1 fully saturated rings. The number of rotatable bonds is 5. The minimum atomic E-state index is -0.592. The lowest BCUT2D eigenvalue weighted by molar-refractivity contribution is -0.115. The minimum Gasteiger partial charge on any atom is -0.365 e. The number of amides is 1. The molecule has 0 bridgehead atoms. The molecule has 3 rings (SSSR count). The first-order valence-electron chi connectivity index (χ1n) is 9.18. The lowest BCUT2D eigenvalue weighted by Crippen LogP contribution is -2.46. The molecule has 0 saturated carbocycles. The summed E-state index contributed by atoms with van der Waals surface area (Å²) < 4.78 is 40.8. The molecule has 0 aliphatic carbocycles. The predicted molar refractivity (Wildman–Crippen MR) is 107 cm³/mol. The Hall–Kier alpha value is -3.23. The molecular formula is C20H22F3N5O. The van der Waals surface area contributed by atoms with Crippen molar-refractivity contribution in [3.8, 4) is 0 Å². The van der Waals surface area contributed by atoms with Gasteiger partial charge in [0.1, 0.15) is 23.1 Å². The summed E-state index contributed by atoms with van der Waals surface area (Å²) in [5.41, 5.74) is 0.456. The monoisotopic (exact) mass is 405 g/mol. The van der Waals surface area contributed by atoms with E-state index >= 15 is 0 Å². The van der Waals surface area contributed by atoms with Crippen molar-refractivity contribution in [2.75, 3.05) is 36.9 Å². The van der Waals surface area contributed by atoms with Gasteiger partial charge in [-0.1, -0.05) is 6.07 Å². The number of halogens is 3. The Morgan fingerprint density at radius 1 is 1.14 bits per heavy atom. The van der Waals surface area contributed by atoms with Crippen molar-refractivity contribution in [2.45, 2.75) is 12.5 Å². The van der Waals surface area contributed by atoms with E-state index in [1.807, 2.05) is 0 Å². The van der Waals surface area contributed by atoms with Crippen molar-refractivity contribution in [3.05, 3.63) is 59.9 Å². The van der Waals surface area contributed by atoms with Crippen LogP contribution in [-0.2, 0) is 4.79 Å². The van der Waals surface area contributed by atoms with Gasteiger partial charge in [0.15, 0.2) is 5.96 Å². The largest absolute Gasteiger partial charge is 0.365 e. The number of carbonyl (C=O) groups excluding carboxylic acids is 1. The van der Waals surface area contributed by atoms with Crippen LogP contribution in [0.5, 0.6) is 0 Å². The van der Waals surface area contributed by atoms with Gasteiger partial charge in [0.2, 0.25) is 5.91 Å². The Morgan fingerprint density at radius 3 is 2.48 bits per heavy atom. The Labute approximate surface area is 166 Å². The second-order valence-electron chi connectivity index (χ2n) is 6.63. The van der Waals surface area contributed by atoms with Crippen molar-refractivity contribution in [2.24, 2.45) is 4.99 Å². The summed E-state index contributed by atoms with van der Waals surface area (Å²) in [6, 6.07) is 9.17. The summed E-state index contributed by atoms with van der Waals surface area (Å²) in [6.45, 7) is 0.854. The van der Waals surface area contributed by atoms with E-state index < -0.39 is 11.6 Å². The molecule has 29 heavy (non-hydrogen) atoms. The maximum Gasteiger partial charge on any atom is 0.243 e. The third kappa shape index (κ3) is 5.40. The molecule has 1 saturated heterocycles. The van der Waals surface area contributed by atoms with Crippen LogP contribution < -0.4 is 20.9 Å². The molecule has 1 heterocycles. The summed E-state index contributed by atoms with van der Waals surface area (Å²) >= 11 is 0. The topological polar surface area (TPSA) is 68.8 Å². The molecule has 1 aliphatic heterocycles. The highest BCUT2D eigenvalue weighted by Crippen LogP contribution is 2.26. The van der Waals surface area contributed by atoms with Crippen LogP contribution in [0.1, 0.15) is 6.42 Å². The molecule has 6 nitrogen and oxygen atoms in total. The fourth-order valence-corrected chi connectivity index (χ4v) is 3.16. The molecule has 1 aliphatic rings. The van der Waals surface area contributed by atoms with E-state index in [1.54, 1.807) is 11.9 Å². The summed E-state index contributed by atoms with van der Waals surface area (Å²) in [6.07, 6.45) is 0.663. The third-order valence-electron chi connectivity index (χ3n) is 4.55. The van der Waals surface area contributed by atoms with Crippen LogP contribution in [0.4, 0.5) is 24.5 Å². The maximum atomic E-state index is 14.0. The van der Waals surface area contributed by atoms with E-state index in [0.29, 0.717) is 31.2 Å². The number of nitrogens with one attached hydrogen (secondary N) is 3. The maximum absolute atomic E-state index is 14.0. The summed E-state index contributed by atoms with van der Waals surface area (Å²) in [5, 5.41) is 8.69. The summed E-state index contributed by atoms with van der Waals surface area (Å²) in [7, 11) is 1.57. The van der Waals surface area contributed by atoms with Gasteiger partial charge in [0, 0.05) is 31.9 Å². The predicted octanol–water partition coefficient (Wildman–Crippen LogP) is 2.49. The number of aliphatic imine (C=N–C) groups is 1. The van der Waals surface area contributed by atoms with E-state index in [4.69, 9.17) is 0 Å². The lowest BCUT2D eigenvalue weighted by atomic mass is 10.2. The zero-order valence-corrected chi connectivity index (χ0v) is 15.9. The standard InChI is InChI=1S/C20H22F3N5O/c1-24-20(25-11-18(29)26-14-7-5-13(21)6-8-14)27-15-9-10-28(12-15)19-16(22)3-2-4-17(19)23/h2-8,15H,9-12H2,1H3,(H,26,29)(H2,24,25,27). The Morgan fingerprint density at radius 2 is 1.83 bits per heavy atom. The zero-order chi connectivity index (χ0) is 20.8. The van der Waals surface area contributed by atoms with Crippen molar-refractivity contribution < 1.29 is 18.0 Å². The van der Waals surface area contributed by atoms with E-state index in [1.165, 1.54) is 42.5 Å². The number of nitrogens with zero attached hydrogens (tertiary/aromatic N) is 2. The molecule has 1 atom stereocenters. The van der Waals surface area contributed by atoms with Gasteiger partial charge in [0.25, 0.3) is 0 Å². The number of benzene rings is 2. The molecule has 0 spiro atoms. The molecule has 0 radical (unpaired) electrons. The third-order valence-corrected chi connectivity index (χ3v) is 4.55. The average Bonchev–Trinajstić information content (AvgIpc) is 3.15. The Balaban J connectivity index is 1.49. The molecule has 154 valence electrons. The van der Waals surface area contributed by atoms with Gasteiger partial charge in [-0.3, -0.25) is 9.79 Å². The van der Waals surface area contributed by atoms with Gasteiger partial charge in [-0.05, 0) is 42.8 Å². The first-order chi connectivity index (χ1) is 14.0. The summed E-state index contributed by atoms with van der Waals surface area (Å²) in [5.74, 6) is -1.48. The van der Waals surface area contributed by atoms with E-state index in [2.05, 4.69) is 20.9 Å². The van der Waals surface area contributed by atoms with Gasteiger partial charge in [-0.15, -0.1) is 0 Å². The molecule has 2 aromatic rings. The Kier molecular flexibility index (Phi) is 6.58. The zero-order valence-electron chi connectivity index (χ0n) is 15.9. The van der Waals surface area contributed by atoms with E-state index in [9.17, 15) is 18.0 Å². The van der Waals surface area contributed by atoms with Crippen LogP contribution in [0.2, 0.25) is 0 Å². The quantitative estimate of drug-likeness (QED) is 0.528. The number of hydrogen-bond acceptors (Lipinski definition) is 3. The van der Waals surface area contributed by atoms with Crippen molar-refractivity contribution >= 4 is 23.2 Å². The SMILES string of the molecule is CN=C(NCC(=O)Nc1ccc(F)cc1)NC1CCN(c2c(F)cccc2F)C1. The minimum absolute atomic E-state index is 0.0292. The van der Waals surface area contributed by atoms with Gasteiger partial charge >= 0.3 is 0 Å². The first kappa shape index (κ1) is 20.5. The molecule has 3 N–H and O–H groups in total. The molecule has 0 aromatic heterocycles. The fraction of sp³-hybridized carbons (Fsp3) is 0.300. The lowest BCUT2D eigenvalue weighted by Gasteiger charge is -2.21. The molecule has 9 heteroatoms. The van der Waals surface area contributed by atoms with Crippen LogP contribution >= 0.6 is 0 Å². The van der Waals surface area contributed by atoms with Crippen LogP contribution in [-0.4, -0.2) is 44.6 Å². The van der Waals surface area contributed by atoms with Crippen LogP contribution in [0, 0.1) is 17.5 Å².